The van der Waals surface area contributed by atoms with Crippen molar-refractivity contribution in [3.05, 3.63) is 54.1 Å². The van der Waals surface area contributed by atoms with Gasteiger partial charge in [-0.05, 0) is 55.3 Å². The van der Waals surface area contributed by atoms with E-state index in [1.807, 2.05) is 13.0 Å². The van der Waals surface area contributed by atoms with Crippen LogP contribution in [0.1, 0.15) is 56.3 Å². The van der Waals surface area contributed by atoms with Gasteiger partial charge in [-0.2, -0.15) is 0 Å². The zero-order valence-corrected chi connectivity index (χ0v) is 16.1. The van der Waals surface area contributed by atoms with Gasteiger partial charge >= 0.3 is 0 Å². The molecule has 0 aliphatic carbocycles. The molecule has 0 saturated heterocycles. The van der Waals surface area contributed by atoms with Crippen molar-refractivity contribution in [3.63, 3.8) is 0 Å². The Morgan fingerprint density at radius 2 is 1.59 bits per heavy atom. The zero-order chi connectivity index (χ0) is 19.5. The monoisotopic (exact) mass is 368 g/mol. The van der Waals surface area contributed by atoms with Gasteiger partial charge in [-0.25, -0.2) is 0 Å². The molecule has 2 rings (SSSR count). The standard InChI is InChI=1S/C22H28N2O3/c1-3-5-6-10-21(25)23-18-8-7-9-19(16-18)24-22(26)17-11-13-20(14-12-17)27-15-4-2/h7-9,11-14,16H,3-6,10,15H2,1-2H3,(H,23,25)(H,24,26). The molecule has 0 fully saturated rings. The predicted octanol–water partition coefficient (Wildman–Crippen LogP) is 5.25. The second-order valence-electron chi connectivity index (χ2n) is 6.41. The molecule has 0 unspecified atom stereocenters. The van der Waals surface area contributed by atoms with Crippen LogP contribution in [-0.4, -0.2) is 18.4 Å². The largest absolute Gasteiger partial charge is 0.494 e. The molecule has 5 nitrogen and oxygen atoms in total. The number of benzene rings is 2. The van der Waals surface area contributed by atoms with E-state index in [1.54, 1.807) is 42.5 Å². The van der Waals surface area contributed by atoms with Gasteiger partial charge in [0, 0.05) is 23.4 Å². The van der Waals surface area contributed by atoms with E-state index in [0.29, 0.717) is 30.0 Å². The molecule has 144 valence electrons. The van der Waals surface area contributed by atoms with Gasteiger partial charge in [0.2, 0.25) is 5.91 Å². The number of hydrogen-bond acceptors (Lipinski definition) is 3. The SMILES string of the molecule is CCCCCC(=O)Nc1cccc(NC(=O)c2ccc(OCCC)cc2)c1. The number of amides is 2. The lowest BCUT2D eigenvalue weighted by Crippen LogP contribution is -2.13. The molecule has 2 amide bonds. The topological polar surface area (TPSA) is 67.4 Å². The first-order chi connectivity index (χ1) is 13.1. The van der Waals surface area contributed by atoms with Crippen LogP contribution in [0.4, 0.5) is 11.4 Å². The van der Waals surface area contributed by atoms with Crippen molar-refractivity contribution < 1.29 is 14.3 Å². The van der Waals surface area contributed by atoms with Gasteiger partial charge < -0.3 is 15.4 Å². The van der Waals surface area contributed by atoms with E-state index in [0.717, 1.165) is 31.4 Å². The van der Waals surface area contributed by atoms with E-state index in [9.17, 15) is 9.59 Å². The highest BCUT2D eigenvalue weighted by Gasteiger charge is 2.08. The van der Waals surface area contributed by atoms with Crippen molar-refractivity contribution in [2.45, 2.75) is 46.0 Å². The summed E-state index contributed by atoms with van der Waals surface area (Å²) in [6, 6.07) is 14.2. The lowest BCUT2D eigenvalue weighted by Gasteiger charge is -2.10. The molecule has 2 aromatic carbocycles. The Kier molecular flexibility index (Phi) is 8.36. The minimum Gasteiger partial charge on any atom is -0.494 e. The Morgan fingerprint density at radius 1 is 0.889 bits per heavy atom. The van der Waals surface area contributed by atoms with E-state index in [-0.39, 0.29) is 11.8 Å². The molecule has 0 aliphatic rings. The van der Waals surface area contributed by atoms with Crippen LogP contribution in [0, 0.1) is 0 Å². The molecule has 0 bridgehead atoms. The van der Waals surface area contributed by atoms with Gasteiger partial charge in [-0.15, -0.1) is 0 Å². The molecule has 0 heterocycles. The van der Waals surface area contributed by atoms with Gasteiger partial charge in [-0.3, -0.25) is 9.59 Å². The van der Waals surface area contributed by atoms with Crippen molar-refractivity contribution in [2.75, 3.05) is 17.2 Å². The van der Waals surface area contributed by atoms with Gasteiger partial charge in [0.25, 0.3) is 5.91 Å². The third kappa shape index (κ3) is 7.13. The first-order valence-electron chi connectivity index (χ1n) is 9.56. The normalized spacial score (nSPS) is 10.3. The van der Waals surface area contributed by atoms with Crippen LogP contribution in [0.3, 0.4) is 0 Å². The van der Waals surface area contributed by atoms with Gasteiger partial charge in [0.05, 0.1) is 6.61 Å². The summed E-state index contributed by atoms with van der Waals surface area (Å²) >= 11 is 0. The Bertz CT molecular complexity index is 741. The maximum absolute atomic E-state index is 12.4. The third-order valence-electron chi connectivity index (χ3n) is 4.00. The first kappa shape index (κ1) is 20.5. The van der Waals surface area contributed by atoms with Gasteiger partial charge in [-0.1, -0.05) is 32.8 Å². The summed E-state index contributed by atoms with van der Waals surface area (Å²) in [5.74, 6) is 0.541. The van der Waals surface area contributed by atoms with Crippen molar-refractivity contribution >= 4 is 23.2 Å². The van der Waals surface area contributed by atoms with Crippen LogP contribution in [0.15, 0.2) is 48.5 Å². The minimum absolute atomic E-state index is 0.00501. The molecule has 27 heavy (non-hydrogen) atoms. The quantitative estimate of drug-likeness (QED) is 0.563. The first-order valence-corrected chi connectivity index (χ1v) is 9.56. The van der Waals surface area contributed by atoms with Crippen molar-refractivity contribution in [1.29, 1.82) is 0 Å². The summed E-state index contributed by atoms with van der Waals surface area (Å²) in [6.07, 6.45) is 4.47. The van der Waals surface area contributed by atoms with Crippen LogP contribution in [0.25, 0.3) is 0 Å². The number of rotatable bonds is 10. The Hall–Kier alpha value is -2.82. The number of carbonyl (C=O) groups is 2. The van der Waals surface area contributed by atoms with Crippen molar-refractivity contribution in [3.8, 4) is 5.75 Å². The molecule has 2 aromatic rings. The van der Waals surface area contributed by atoms with E-state index >= 15 is 0 Å². The average molecular weight is 368 g/mol. The predicted molar refractivity (Wildman–Crippen MR) is 109 cm³/mol. The fraction of sp³-hybridized carbons (Fsp3) is 0.364. The van der Waals surface area contributed by atoms with E-state index in [2.05, 4.69) is 17.6 Å². The number of ether oxygens (including phenoxy) is 1. The van der Waals surface area contributed by atoms with E-state index in [4.69, 9.17) is 4.74 Å². The highest BCUT2D eigenvalue weighted by Crippen LogP contribution is 2.18. The second kappa shape index (κ2) is 11.0. The highest BCUT2D eigenvalue weighted by atomic mass is 16.5. The zero-order valence-electron chi connectivity index (χ0n) is 16.1. The van der Waals surface area contributed by atoms with Crippen LogP contribution < -0.4 is 15.4 Å². The molecule has 0 aromatic heterocycles. The van der Waals surface area contributed by atoms with Crippen LogP contribution >= 0.6 is 0 Å². The molecular weight excluding hydrogens is 340 g/mol. The van der Waals surface area contributed by atoms with Crippen molar-refractivity contribution in [2.24, 2.45) is 0 Å². The summed E-state index contributed by atoms with van der Waals surface area (Å²) < 4.78 is 5.52. The van der Waals surface area contributed by atoms with Gasteiger partial charge in [0.1, 0.15) is 5.75 Å². The van der Waals surface area contributed by atoms with Crippen LogP contribution in [0.5, 0.6) is 5.75 Å². The molecular formula is C22H28N2O3. The maximum Gasteiger partial charge on any atom is 0.255 e. The molecule has 2 N–H and O–H groups in total. The summed E-state index contributed by atoms with van der Waals surface area (Å²) in [4.78, 5) is 24.3. The summed E-state index contributed by atoms with van der Waals surface area (Å²) in [6.45, 7) is 4.81. The summed E-state index contributed by atoms with van der Waals surface area (Å²) in [7, 11) is 0. The fourth-order valence-corrected chi connectivity index (χ4v) is 2.56. The minimum atomic E-state index is -0.205. The molecule has 0 atom stereocenters. The molecule has 0 saturated carbocycles. The Labute approximate surface area is 161 Å². The maximum atomic E-state index is 12.4. The van der Waals surface area contributed by atoms with Crippen LogP contribution in [-0.2, 0) is 4.79 Å². The van der Waals surface area contributed by atoms with Crippen LogP contribution in [0.2, 0.25) is 0 Å². The number of anilines is 2. The molecule has 0 radical (unpaired) electrons. The summed E-state index contributed by atoms with van der Waals surface area (Å²) in [5.41, 5.74) is 1.86. The number of nitrogens with one attached hydrogen (secondary N) is 2. The number of carbonyl (C=O) groups excluding carboxylic acids is 2. The summed E-state index contributed by atoms with van der Waals surface area (Å²) in [5, 5.41) is 5.73. The Morgan fingerprint density at radius 3 is 2.26 bits per heavy atom. The number of hydrogen-bond donors (Lipinski definition) is 2. The van der Waals surface area contributed by atoms with E-state index in [1.165, 1.54) is 0 Å². The third-order valence-corrected chi connectivity index (χ3v) is 4.00. The lowest BCUT2D eigenvalue weighted by molar-refractivity contribution is -0.116. The van der Waals surface area contributed by atoms with E-state index < -0.39 is 0 Å². The lowest BCUT2D eigenvalue weighted by atomic mass is 10.2. The highest BCUT2D eigenvalue weighted by molar-refractivity contribution is 6.04. The number of unbranched alkanes of at least 4 members (excludes halogenated alkanes) is 2. The van der Waals surface area contributed by atoms with Crippen molar-refractivity contribution in [1.82, 2.24) is 0 Å². The van der Waals surface area contributed by atoms with Gasteiger partial charge in [0.15, 0.2) is 0 Å². The molecule has 5 heteroatoms. The molecule has 0 aliphatic heterocycles. The smallest absolute Gasteiger partial charge is 0.255 e. The Balaban J connectivity index is 1.92. The molecule has 0 spiro atoms. The second-order valence-corrected chi connectivity index (χ2v) is 6.41. The fourth-order valence-electron chi connectivity index (χ4n) is 2.56. The average Bonchev–Trinajstić information content (AvgIpc) is 2.67.